The van der Waals surface area contributed by atoms with Crippen LogP contribution in [0.25, 0.3) is 0 Å². The molecular weight excluding hydrogens is 314 g/mol. The Morgan fingerprint density at radius 1 is 1.08 bits per heavy atom. The normalized spacial score (nSPS) is 28.6. The van der Waals surface area contributed by atoms with E-state index in [1.807, 2.05) is 42.2 Å². The number of benzene rings is 2. The van der Waals surface area contributed by atoms with Crippen molar-refractivity contribution in [1.29, 1.82) is 0 Å². The Balaban J connectivity index is 1.45. The molecule has 0 aromatic heterocycles. The molecule has 2 aromatic rings. The number of amides is 1. The molecule has 1 aliphatic carbocycles. The Bertz CT molecular complexity index is 761. The van der Waals surface area contributed by atoms with E-state index >= 15 is 0 Å². The lowest BCUT2D eigenvalue weighted by molar-refractivity contribution is -0.146. The molecule has 25 heavy (non-hydrogen) atoms. The van der Waals surface area contributed by atoms with Gasteiger partial charge in [-0.05, 0) is 42.5 Å². The van der Waals surface area contributed by atoms with Crippen LogP contribution < -0.4 is 0 Å². The summed E-state index contributed by atoms with van der Waals surface area (Å²) in [6.45, 7) is 3.27. The van der Waals surface area contributed by atoms with Gasteiger partial charge in [-0.1, -0.05) is 42.5 Å². The lowest BCUT2D eigenvalue weighted by Crippen LogP contribution is -2.46. The molecule has 4 atom stereocenters. The molecule has 2 aliphatic rings. The summed E-state index contributed by atoms with van der Waals surface area (Å²) in [6, 6.07) is 17.4. The molecule has 1 heterocycles. The number of morpholine rings is 1. The molecule has 4 heteroatoms. The van der Waals surface area contributed by atoms with Crippen molar-refractivity contribution in [2.45, 2.75) is 31.5 Å². The van der Waals surface area contributed by atoms with E-state index in [1.165, 1.54) is 0 Å². The maximum absolute atomic E-state index is 13.0. The van der Waals surface area contributed by atoms with Crippen molar-refractivity contribution in [2.75, 3.05) is 13.1 Å². The third-order valence-corrected chi connectivity index (χ3v) is 5.15. The number of rotatable bonds is 3. The predicted octanol–water partition coefficient (Wildman–Crippen LogP) is 3.48. The van der Waals surface area contributed by atoms with Gasteiger partial charge in [-0.3, -0.25) is 4.79 Å². The third-order valence-electron chi connectivity index (χ3n) is 5.15. The fourth-order valence-electron chi connectivity index (χ4n) is 3.81. The summed E-state index contributed by atoms with van der Waals surface area (Å²) in [5.74, 6) is 0.737. The molecule has 2 aromatic carbocycles. The first-order chi connectivity index (χ1) is 12.1. The molecule has 130 valence electrons. The lowest BCUT2D eigenvalue weighted by atomic mass is 10.1. The second-order valence-electron chi connectivity index (χ2n) is 7.13. The average molecular weight is 337 g/mol. The first-order valence-electron chi connectivity index (χ1n) is 8.90. The van der Waals surface area contributed by atoms with Crippen LogP contribution in [0.1, 0.15) is 36.5 Å². The standard InChI is InChI=1S/C21H23NO3/c1-14-12-22(13-20(25-14)15-6-3-2-4-7-15)21(24)19-11-18(19)16-8-5-9-17(23)10-16/h2-10,14,18-20,23H,11-13H2,1H3/t14-,18-,19+,20-/m1/s1. The first-order valence-corrected chi connectivity index (χ1v) is 8.90. The summed E-state index contributed by atoms with van der Waals surface area (Å²) in [7, 11) is 0. The monoisotopic (exact) mass is 337 g/mol. The van der Waals surface area contributed by atoms with Crippen LogP contribution in [-0.2, 0) is 9.53 Å². The number of phenolic OH excluding ortho intramolecular Hbond substituents is 1. The average Bonchev–Trinajstić information content (AvgIpc) is 3.42. The van der Waals surface area contributed by atoms with Crippen LogP contribution in [0.5, 0.6) is 5.75 Å². The lowest BCUT2D eigenvalue weighted by Gasteiger charge is -2.37. The zero-order valence-corrected chi connectivity index (χ0v) is 14.3. The minimum absolute atomic E-state index is 0.0286. The highest BCUT2D eigenvalue weighted by molar-refractivity contribution is 5.83. The van der Waals surface area contributed by atoms with Gasteiger partial charge in [0.1, 0.15) is 11.9 Å². The highest BCUT2D eigenvalue weighted by atomic mass is 16.5. The van der Waals surface area contributed by atoms with Crippen LogP contribution in [0.3, 0.4) is 0 Å². The van der Waals surface area contributed by atoms with E-state index in [9.17, 15) is 9.90 Å². The third kappa shape index (κ3) is 3.40. The van der Waals surface area contributed by atoms with Gasteiger partial charge in [0.05, 0.1) is 12.6 Å². The number of phenols is 1. The summed E-state index contributed by atoms with van der Waals surface area (Å²) in [5.41, 5.74) is 2.17. The minimum Gasteiger partial charge on any atom is -0.508 e. The molecule has 1 saturated carbocycles. The van der Waals surface area contributed by atoms with Crippen molar-refractivity contribution in [2.24, 2.45) is 5.92 Å². The number of ether oxygens (including phenoxy) is 1. The van der Waals surface area contributed by atoms with Crippen LogP contribution in [0.15, 0.2) is 54.6 Å². The van der Waals surface area contributed by atoms with Crippen LogP contribution >= 0.6 is 0 Å². The Morgan fingerprint density at radius 3 is 2.60 bits per heavy atom. The summed E-state index contributed by atoms with van der Waals surface area (Å²) in [6.07, 6.45) is 0.831. The van der Waals surface area contributed by atoms with E-state index in [-0.39, 0.29) is 35.7 Å². The van der Waals surface area contributed by atoms with Gasteiger partial charge < -0.3 is 14.7 Å². The molecule has 1 saturated heterocycles. The van der Waals surface area contributed by atoms with Gasteiger partial charge in [0.2, 0.25) is 5.91 Å². The number of aromatic hydroxyl groups is 1. The van der Waals surface area contributed by atoms with Crippen molar-refractivity contribution in [3.8, 4) is 5.75 Å². The van der Waals surface area contributed by atoms with Gasteiger partial charge in [0.15, 0.2) is 0 Å². The molecule has 0 radical (unpaired) electrons. The molecule has 0 spiro atoms. The number of nitrogens with zero attached hydrogens (tertiary/aromatic N) is 1. The molecule has 2 fully saturated rings. The van der Waals surface area contributed by atoms with Crippen LogP contribution in [-0.4, -0.2) is 35.1 Å². The van der Waals surface area contributed by atoms with Crippen molar-refractivity contribution in [3.05, 3.63) is 65.7 Å². The van der Waals surface area contributed by atoms with Crippen LogP contribution in [0.4, 0.5) is 0 Å². The van der Waals surface area contributed by atoms with Gasteiger partial charge in [0.25, 0.3) is 0 Å². The largest absolute Gasteiger partial charge is 0.508 e. The van der Waals surface area contributed by atoms with E-state index in [4.69, 9.17) is 4.74 Å². The quantitative estimate of drug-likeness (QED) is 0.933. The molecule has 4 rings (SSSR count). The number of hydrogen-bond acceptors (Lipinski definition) is 3. The Labute approximate surface area is 148 Å². The highest BCUT2D eigenvalue weighted by Crippen LogP contribution is 2.49. The maximum Gasteiger partial charge on any atom is 0.226 e. The number of carbonyl (C=O) groups is 1. The molecule has 1 amide bonds. The van der Waals surface area contributed by atoms with Crippen molar-refractivity contribution < 1.29 is 14.6 Å². The van der Waals surface area contributed by atoms with Gasteiger partial charge in [-0.2, -0.15) is 0 Å². The summed E-state index contributed by atoms with van der Waals surface area (Å²) < 4.78 is 6.05. The molecule has 1 N–H and O–H groups in total. The van der Waals surface area contributed by atoms with E-state index < -0.39 is 0 Å². The van der Waals surface area contributed by atoms with E-state index in [1.54, 1.807) is 12.1 Å². The Hall–Kier alpha value is -2.33. The van der Waals surface area contributed by atoms with E-state index in [0.717, 1.165) is 17.5 Å². The molecule has 0 bridgehead atoms. The number of hydrogen-bond donors (Lipinski definition) is 1. The number of carbonyl (C=O) groups excluding carboxylic acids is 1. The van der Waals surface area contributed by atoms with E-state index in [2.05, 4.69) is 12.1 Å². The Kier molecular flexibility index (Phi) is 4.22. The predicted molar refractivity (Wildman–Crippen MR) is 95.3 cm³/mol. The van der Waals surface area contributed by atoms with Gasteiger partial charge in [-0.25, -0.2) is 0 Å². The van der Waals surface area contributed by atoms with Crippen molar-refractivity contribution in [1.82, 2.24) is 4.90 Å². The van der Waals surface area contributed by atoms with Crippen LogP contribution in [0.2, 0.25) is 0 Å². The second kappa shape index (κ2) is 6.52. The summed E-state index contributed by atoms with van der Waals surface area (Å²) >= 11 is 0. The molecule has 4 nitrogen and oxygen atoms in total. The van der Waals surface area contributed by atoms with Crippen molar-refractivity contribution in [3.63, 3.8) is 0 Å². The van der Waals surface area contributed by atoms with Gasteiger partial charge in [0, 0.05) is 12.5 Å². The first kappa shape index (κ1) is 16.2. The maximum atomic E-state index is 13.0. The highest BCUT2D eigenvalue weighted by Gasteiger charge is 2.47. The fourth-order valence-corrected chi connectivity index (χ4v) is 3.81. The smallest absolute Gasteiger partial charge is 0.226 e. The second-order valence-corrected chi connectivity index (χ2v) is 7.13. The van der Waals surface area contributed by atoms with Gasteiger partial charge >= 0.3 is 0 Å². The zero-order chi connectivity index (χ0) is 17.4. The fraction of sp³-hybridized carbons (Fsp3) is 0.381. The summed E-state index contributed by atoms with van der Waals surface area (Å²) in [4.78, 5) is 14.9. The molecule has 0 unspecified atom stereocenters. The summed E-state index contributed by atoms with van der Waals surface area (Å²) in [5, 5.41) is 9.65. The minimum atomic E-state index is -0.0631. The molecule has 1 aliphatic heterocycles. The van der Waals surface area contributed by atoms with Gasteiger partial charge in [-0.15, -0.1) is 0 Å². The zero-order valence-electron chi connectivity index (χ0n) is 14.3. The molecular formula is C21H23NO3. The van der Waals surface area contributed by atoms with E-state index in [0.29, 0.717) is 13.1 Å². The van der Waals surface area contributed by atoms with Crippen LogP contribution in [0, 0.1) is 5.92 Å². The SMILES string of the molecule is C[C@@H]1CN(C(=O)[C@H]2C[C@@H]2c2cccc(O)c2)C[C@H](c2ccccc2)O1. The topological polar surface area (TPSA) is 49.8 Å². The van der Waals surface area contributed by atoms with Crippen molar-refractivity contribution >= 4 is 5.91 Å². The Morgan fingerprint density at radius 2 is 1.84 bits per heavy atom.